The standard InChI is InChI=1S/C18H19ClN2O4/c1-11(13-5-3-4-6-15(13)24-2)21-17(22)10-25-16-8-7-12(19)9-14(16)18(20)23/h3-9,11H,10H2,1-2H3,(H2,20,23)(H,21,22). The lowest BCUT2D eigenvalue weighted by atomic mass is 10.1. The Morgan fingerprint density at radius 2 is 1.92 bits per heavy atom. The molecule has 3 N–H and O–H groups in total. The molecular formula is C18H19ClN2O4. The molecule has 1 atom stereocenters. The number of halogens is 1. The molecule has 132 valence electrons. The van der Waals surface area contributed by atoms with Gasteiger partial charge in [-0.3, -0.25) is 9.59 Å². The lowest BCUT2D eigenvalue weighted by Gasteiger charge is -2.17. The average Bonchev–Trinajstić information content (AvgIpc) is 2.60. The Morgan fingerprint density at radius 1 is 1.20 bits per heavy atom. The second-order valence-electron chi connectivity index (χ2n) is 5.32. The van der Waals surface area contributed by atoms with Crippen molar-refractivity contribution in [1.29, 1.82) is 0 Å². The van der Waals surface area contributed by atoms with Gasteiger partial charge in [0.15, 0.2) is 6.61 Å². The monoisotopic (exact) mass is 362 g/mol. The molecule has 0 spiro atoms. The molecule has 2 amide bonds. The van der Waals surface area contributed by atoms with Crippen molar-refractivity contribution in [3.63, 3.8) is 0 Å². The zero-order chi connectivity index (χ0) is 18.4. The molecule has 2 rings (SSSR count). The van der Waals surface area contributed by atoms with Crippen LogP contribution in [0, 0.1) is 0 Å². The van der Waals surface area contributed by atoms with Gasteiger partial charge in [0.25, 0.3) is 11.8 Å². The first-order valence-corrected chi connectivity index (χ1v) is 7.94. The molecule has 0 radical (unpaired) electrons. The van der Waals surface area contributed by atoms with Crippen molar-refractivity contribution in [3.8, 4) is 11.5 Å². The Bertz CT molecular complexity index is 779. The molecule has 0 aliphatic carbocycles. The summed E-state index contributed by atoms with van der Waals surface area (Å²) < 4.78 is 10.7. The maximum Gasteiger partial charge on any atom is 0.258 e. The lowest BCUT2D eigenvalue weighted by molar-refractivity contribution is -0.123. The van der Waals surface area contributed by atoms with Crippen LogP contribution in [0.3, 0.4) is 0 Å². The zero-order valence-corrected chi connectivity index (χ0v) is 14.7. The summed E-state index contributed by atoms with van der Waals surface area (Å²) in [7, 11) is 1.57. The van der Waals surface area contributed by atoms with Crippen molar-refractivity contribution >= 4 is 23.4 Å². The normalized spacial score (nSPS) is 11.5. The second kappa shape index (κ2) is 8.39. The van der Waals surface area contributed by atoms with Gasteiger partial charge in [-0.05, 0) is 31.2 Å². The van der Waals surface area contributed by atoms with Gasteiger partial charge in [0.1, 0.15) is 11.5 Å². The van der Waals surface area contributed by atoms with Crippen LogP contribution in [0.5, 0.6) is 11.5 Å². The number of hydrogen-bond donors (Lipinski definition) is 2. The number of primary amides is 1. The quantitative estimate of drug-likeness (QED) is 0.792. The van der Waals surface area contributed by atoms with E-state index in [4.69, 9.17) is 26.8 Å². The highest BCUT2D eigenvalue weighted by Gasteiger charge is 2.15. The third kappa shape index (κ3) is 4.87. The van der Waals surface area contributed by atoms with Crippen LogP contribution < -0.4 is 20.5 Å². The third-order valence-corrected chi connectivity index (χ3v) is 3.78. The van der Waals surface area contributed by atoms with E-state index in [9.17, 15) is 9.59 Å². The van der Waals surface area contributed by atoms with Crippen LogP contribution in [0.15, 0.2) is 42.5 Å². The van der Waals surface area contributed by atoms with E-state index >= 15 is 0 Å². The van der Waals surface area contributed by atoms with Gasteiger partial charge in [0.05, 0.1) is 18.7 Å². The van der Waals surface area contributed by atoms with Gasteiger partial charge < -0.3 is 20.5 Å². The van der Waals surface area contributed by atoms with Gasteiger partial charge >= 0.3 is 0 Å². The van der Waals surface area contributed by atoms with Gasteiger partial charge in [0, 0.05) is 10.6 Å². The van der Waals surface area contributed by atoms with Crippen molar-refractivity contribution in [2.75, 3.05) is 13.7 Å². The van der Waals surface area contributed by atoms with Crippen LogP contribution >= 0.6 is 11.6 Å². The molecule has 2 aromatic carbocycles. The van der Waals surface area contributed by atoms with Crippen molar-refractivity contribution in [1.82, 2.24) is 5.32 Å². The van der Waals surface area contributed by atoms with E-state index < -0.39 is 5.91 Å². The predicted molar refractivity (Wildman–Crippen MR) is 95.0 cm³/mol. The van der Waals surface area contributed by atoms with Gasteiger partial charge in [0.2, 0.25) is 0 Å². The fourth-order valence-electron chi connectivity index (χ4n) is 2.35. The topological polar surface area (TPSA) is 90.7 Å². The summed E-state index contributed by atoms with van der Waals surface area (Å²) in [6, 6.07) is 11.6. The van der Waals surface area contributed by atoms with Gasteiger partial charge in [-0.2, -0.15) is 0 Å². The highest BCUT2D eigenvalue weighted by Crippen LogP contribution is 2.25. The molecule has 6 nitrogen and oxygen atoms in total. The number of amides is 2. The molecule has 0 aliphatic rings. The third-order valence-electron chi connectivity index (χ3n) is 3.55. The minimum atomic E-state index is -0.680. The number of rotatable bonds is 7. The molecule has 7 heteroatoms. The zero-order valence-electron chi connectivity index (χ0n) is 13.9. The Hall–Kier alpha value is -2.73. The average molecular weight is 363 g/mol. The minimum Gasteiger partial charge on any atom is -0.496 e. The fraction of sp³-hybridized carbons (Fsp3) is 0.222. The summed E-state index contributed by atoms with van der Waals surface area (Å²) in [5.74, 6) is -0.133. The van der Waals surface area contributed by atoms with Crippen molar-refractivity contribution in [2.24, 2.45) is 5.73 Å². The van der Waals surface area contributed by atoms with Crippen LogP contribution in [0.25, 0.3) is 0 Å². The van der Waals surface area contributed by atoms with Crippen LogP contribution in [-0.4, -0.2) is 25.5 Å². The van der Waals surface area contributed by atoms with E-state index in [2.05, 4.69) is 5.32 Å². The Balaban J connectivity index is 2.00. The summed E-state index contributed by atoms with van der Waals surface area (Å²) >= 11 is 5.83. The van der Waals surface area contributed by atoms with E-state index in [-0.39, 0.29) is 29.9 Å². The maximum atomic E-state index is 12.1. The van der Waals surface area contributed by atoms with Crippen LogP contribution in [0.2, 0.25) is 5.02 Å². The van der Waals surface area contributed by atoms with E-state index in [0.29, 0.717) is 10.8 Å². The van der Waals surface area contributed by atoms with Crippen LogP contribution in [0.4, 0.5) is 0 Å². The molecule has 0 saturated carbocycles. The number of nitrogens with two attached hydrogens (primary N) is 1. The summed E-state index contributed by atoms with van der Waals surface area (Å²) in [5.41, 5.74) is 6.26. The van der Waals surface area contributed by atoms with E-state index in [1.54, 1.807) is 13.2 Å². The van der Waals surface area contributed by atoms with E-state index in [1.807, 2.05) is 31.2 Å². The number of para-hydroxylation sites is 1. The summed E-state index contributed by atoms with van der Waals surface area (Å²) in [5, 5.41) is 3.17. The van der Waals surface area contributed by atoms with Gasteiger partial charge in [-0.25, -0.2) is 0 Å². The molecule has 2 aromatic rings. The Labute approximate surface area is 150 Å². The number of carbonyl (C=O) groups is 2. The molecule has 0 bridgehead atoms. The first-order chi connectivity index (χ1) is 11.9. The number of benzene rings is 2. The van der Waals surface area contributed by atoms with Crippen LogP contribution in [-0.2, 0) is 4.79 Å². The molecule has 25 heavy (non-hydrogen) atoms. The molecule has 0 aliphatic heterocycles. The fourth-order valence-corrected chi connectivity index (χ4v) is 2.52. The van der Waals surface area contributed by atoms with Crippen LogP contribution in [0.1, 0.15) is 28.9 Å². The molecular weight excluding hydrogens is 344 g/mol. The maximum absolute atomic E-state index is 12.1. The number of nitrogens with one attached hydrogen (secondary N) is 1. The molecule has 0 saturated heterocycles. The molecule has 0 aromatic heterocycles. The van der Waals surface area contributed by atoms with E-state index in [1.165, 1.54) is 12.1 Å². The highest BCUT2D eigenvalue weighted by atomic mass is 35.5. The van der Waals surface area contributed by atoms with Crippen molar-refractivity contribution < 1.29 is 19.1 Å². The summed E-state index contributed by atoms with van der Waals surface area (Å²) in [6.45, 7) is 1.58. The smallest absolute Gasteiger partial charge is 0.258 e. The van der Waals surface area contributed by atoms with E-state index in [0.717, 1.165) is 5.56 Å². The number of hydrogen-bond acceptors (Lipinski definition) is 4. The second-order valence-corrected chi connectivity index (χ2v) is 5.76. The van der Waals surface area contributed by atoms with Crippen molar-refractivity contribution in [2.45, 2.75) is 13.0 Å². The summed E-state index contributed by atoms with van der Waals surface area (Å²) in [4.78, 5) is 23.5. The number of ether oxygens (including phenoxy) is 2. The largest absolute Gasteiger partial charge is 0.496 e. The van der Waals surface area contributed by atoms with Gasteiger partial charge in [-0.1, -0.05) is 29.8 Å². The first-order valence-electron chi connectivity index (χ1n) is 7.56. The van der Waals surface area contributed by atoms with Crippen molar-refractivity contribution in [3.05, 3.63) is 58.6 Å². The lowest BCUT2D eigenvalue weighted by Crippen LogP contribution is -2.31. The SMILES string of the molecule is COc1ccccc1C(C)NC(=O)COc1ccc(Cl)cc1C(N)=O. The van der Waals surface area contributed by atoms with Gasteiger partial charge in [-0.15, -0.1) is 0 Å². The summed E-state index contributed by atoms with van der Waals surface area (Å²) in [6.07, 6.45) is 0. The molecule has 0 heterocycles. The highest BCUT2D eigenvalue weighted by molar-refractivity contribution is 6.31. The molecule has 0 fully saturated rings. The first kappa shape index (κ1) is 18.6. The Morgan fingerprint density at radius 3 is 2.60 bits per heavy atom. The molecule has 1 unspecified atom stereocenters. The Kier molecular flexibility index (Phi) is 6.25. The number of methoxy groups -OCH3 is 1. The minimum absolute atomic E-state index is 0.123. The predicted octanol–water partition coefficient (Wildman–Crippen LogP) is 2.70. The number of carbonyl (C=O) groups excluding carboxylic acids is 2.